The number of hydrogen-bond donors (Lipinski definition) is 0. The fraction of sp³-hybridized carbons (Fsp3) is 0.0566. The van der Waals surface area contributed by atoms with Crippen LogP contribution in [0.5, 0.6) is 0 Å². The summed E-state index contributed by atoms with van der Waals surface area (Å²) in [7, 11) is 0. The molecule has 2 heterocycles. The molecule has 8 aromatic carbocycles. The third kappa shape index (κ3) is 5.31. The lowest BCUT2D eigenvalue weighted by atomic mass is 9.82. The Kier molecular flexibility index (Phi) is 7.42. The molecule has 0 unspecified atom stereocenters. The fourth-order valence-electron chi connectivity index (χ4n) is 8.77. The Labute approximate surface area is 330 Å². The molecule has 0 aliphatic heterocycles. The minimum Gasteiger partial charge on any atom is -0.228 e. The van der Waals surface area contributed by atoms with Crippen LogP contribution in [-0.4, -0.2) is 9.97 Å². The highest BCUT2D eigenvalue weighted by Crippen LogP contribution is 2.50. The van der Waals surface area contributed by atoms with Crippen molar-refractivity contribution in [1.29, 1.82) is 0 Å². The normalized spacial score (nSPS) is 13.0. The van der Waals surface area contributed by atoms with Crippen LogP contribution < -0.4 is 0 Å². The van der Waals surface area contributed by atoms with Gasteiger partial charge in [-0.2, -0.15) is 0 Å². The van der Waals surface area contributed by atoms with Gasteiger partial charge in [-0.3, -0.25) is 0 Å². The summed E-state index contributed by atoms with van der Waals surface area (Å²) in [5, 5.41) is 4.96. The largest absolute Gasteiger partial charge is 0.228 e. The van der Waals surface area contributed by atoms with Crippen molar-refractivity contribution in [2.75, 3.05) is 0 Å². The van der Waals surface area contributed by atoms with Crippen LogP contribution in [0.1, 0.15) is 25.0 Å². The Balaban J connectivity index is 1.14. The molecular weight excluding hydrogens is 697 g/mol. The van der Waals surface area contributed by atoms with E-state index in [1.807, 2.05) is 11.3 Å². The molecule has 2 nitrogen and oxygen atoms in total. The number of fused-ring (bicyclic) bond motifs is 7. The molecule has 2 aromatic heterocycles. The van der Waals surface area contributed by atoms with Gasteiger partial charge < -0.3 is 0 Å². The van der Waals surface area contributed by atoms with Gasteiger partial charge in [-0.1, -0.05) is 153 Å². The zero-order chi connectivity index (χ0) is 37.4. The second kappa shape index (κ2) is 12.7. The van der Waals surface area contributed by atoms with Gasteiger partial charge in [0.2, 0.25) is 0 Å². The summed E-state index contributed by atoms with van der Waals surface area (Å²) in [6.45, 7) is 4.67. The van der Waals surface area contributed by atoms with Crippen LogP contribution in [0, 0.1) is 0 Å². The van der Waals surface area contributed by atoms with Crippen molar-refractivity contribution in [3.63, 3.8) is 0 Å². The van der Waals surface area contributed by atoms with E-state index >= 15 is 0 Å². The van der Waals surface area contributed by atoms with E-state index in [2.05, 4.69) is 196 Å². The first-order chi connectivity index (χ1) is 27.5. The summed E-state index contributed by atoms with van der Waals surface area (Å²) in [5.41, 5.74) is 14.9. The van der Waals surface area contributed by atoms with Gasteiger partial charge in [0, 0.05) is 42.3 Å². The Bertz CT molecular complexity index is 3170. The first-order valence-corrected chi connectivity index (χ1v) is 20.0. The summed E-state index contributed by atoms with van der Waals surface area (Å²) in [5.74, 6) is 0.713. The number of thiophene rings is 1. The number of aromatic nitrogens is 2. The summed E-state index contributed by atoms with van der Waals surface area (Å²) in [6.07, 6.45) is 0. The summed E-state index contributed by atoms with van der Waals surface area (Å²) in [6, 6.07) is 66.0. The third-order valence-electron chi connectivity index (χ3n) is 11.7. The van der Waals surface area contributed by atoms with Gasteiger partial charge in [0.05, 0.1) is 11.4 Å². The zero-order valence-electron chi connectivity index (χ0n) is 31.1. The van der Waals surface area contributed by atoms with Crippen molar-refractivity contribution in [1.82, 2.24) is 9.97 Å². The van der Waals surface area contributed by atoms with E-state index < -0.39 is 0 Å². The predicted octanol–water partition coefficient (Wildman–Crippen LogP) is 14.6. The standard InChI is InChI=1S/C53H36N2S/c1-53(2)46-21-10-8-17-42(46)43-26-25-36(31-47(43)53)48-32-49(55-52(54-48)37-24-23-34-15-6-7-16-35(34)27-37)40-29-38(33-13-4-3-5-14-33)28-39(30-40)41-19-12-20-45-44-18-9-11-22-50(44)56-51(41)45/h3-32H,1-2H3. The van der Waals surface area contributed by atoms with Gasteiger partial charge in [-0.25, -0.2) is 9.97 Å². The smallest absolute Gasteiger partial charge is 0.160 e. The lowest BCUT2D eigenvalue weighted by Crippen LogP contribution is -2.14. The molecule has 1 aliphatic rings. The average Bonchev–Trinajstić information content (AvgIpc) is 3.75. The van der Waals surface area contributed by atoms with Crippen molar-refractivity contribution < 1.29 is 0 Å². The van der Waals surface area contributed by atoms with Gasteiger partial charge in [0.25, 0.3) is 0 Å². The van der Waals surface area contributed by atoms with Gasteiger partial charge in [0.15, 0.2) is 5.82 Å². The van der Waals surface area contributed by atoms with Gasteiger partial charge in [-0.15, -0.1) is 11.3 Å². The van der Waals surface area contributed by atoms with Gasteiger partial charge >= 0.3 is 0 Å². The Morgan fingerprint density at radius 2 is 1.05 bits per heavy atom. The lowest BCUT2D eigenvalue weighted by molar-refractivity contribution is 0.660. The molecule has 0 N–H and O–H groups in total. The monoisotopic (exact) mass is 732 g/mol. The highest BCUT2D eigenvalue weighted by molar-refractivity contribution is 7.26. The molecule has 0 spiro atoms. The first kappa shape index (κ1) is 32.7. The molecule has 3 heteroatoms. The van der Waals surface area contributed by atoms with E-state index in [9.17, 15) is 0 Å². The Hall–Kier alpha value is -6.68. The maximum atomic E-state index is 5.40. The average molecular weight is 733 g/mol. The summed E-state index contributed by atoms with van der Waals surface area (Å²) in [4.78, 5) is 10.7. The predicted molar refractivity (Wildman–Crippen MR) is 237 cm³/mol. The van der Waals surface area contributed by atoms with Crippen LogP contribution in [0.15, 0.2) is 182 Å². The van der Waals surface area contributed by atoms with Crippen LogP contribution in [0.3, 0.4) is 0 Å². The molecule has 10 aromatic rings. The highest BCUT2D eigenvalue weighted by Gasteiger charge is 2.35. The molecule has 264 valence electrons. The molecule has 0 atom stereocenters. The zero-order valence-corrected chi connectivity index (χ0v) is 31.9. The van der Waals surface area contributed by atoms with Crippen molar-refractivity contribution in [3.05, 3.63) is 193 Å². The van der Waals surface area contributed by atoms with E-state index in [1.54, 1.807) is 0 Å². The van der Waals surface area contributed by atoms with E-state index in [0.717, 1.165) is 33.6 Å². The number of nitrogens with zero attached hydrogens (tertiary/aromatic N) is 2. The minimum atomic E-state index is -0.120. The second-order valence-corrected chi connectivity index (χ2v) is 16.5. The molecule has 0 saturated carbocycles. The lowest BCUT2D eigenvalue weighted by Gasteiger charge is -2.22. The van der Waals surface area contributed by atoms with E-state index in [4.69, 9.17) is 9.97 Å². The number of benzene rings is 8. The Morgan fingerprint density at radius 3 is 1.95 bits per heavy atom. The topological polar surface area (TPSA) is 25.8 Å². The first-order valence-electron chi connectivity index (χ1n) is 19.2. The molecule has 0 radical (unpaired) electrons. The highest BCUT2D eigenvalue weighted by atomic mass is 32.1. The maximum absolute atomic E-state index is 5.40. The van der Waals surface area contributed by atoms with Crippen LogP contribution >= 0.6 is 11.3 Å². The molecule has 11 rings (SSSR count). The molecule has 1 aliphatic carbocycles. The van der Waals surface area contributed by atoms with Crippen LogP contribution in [-0.2, 0) is 5.41 Å². The second-order valence-electron chi connectivity index (χ2n) is 15.4. The molecule has 0 bridgehead atoms. The van der Waals surface area contributed by atoms with Gasteiger partial charge in [0.1, 0.15) is 0 Å². The summed E-state index contributed by atoms with van der Waals surface area (Å²) >= 11 is 1.87. The SMILES string of the molecule is CC1(C)c2ccccc2-c2ccc(-c3cc(-c4cc(-c5ccccc5)cc(-c5cccc6c5sc5ccccc56)c4)nc(-c4ccc5ccccc5c4)n3)cc21. The quantitative estimate of drug-likeness (QED) is 0.176. The van der Waals surface area contributed by atoms with E-state index in [1.165, 1.54) is 69.9 Å². The molecule has 0 amide bonds. The van der Waals surface area contributed by atoms with Gasteiger partial charge in [-0.05, 0) is 97.7 Å². The third-order valence-corrected chi connectivity index (χ3v) is 12.9. The molecule has 56 heavy (non-hydrogen) atoms. The molecule has 0 fully saturated rings. The van der Waals surface area contributed by atoms with Crippen molar-refractivity contribution in [3.8, 4) is 67.3 Å². The number of rotatable bonds is 5. The van der Waals surface area contributed by atoms with Crippen LogP contribution in [0.4, 0.5) is 0 Å². The van der Waals surface area contributed by atoms with Crippen molar-refractivity contribution >= 4 is 42.3 Å². The number of hydrogen-bond acceptors (Lipinski definition) is 3. The molecular formula is C53H36N2S. The molecule has 0 saturated heterocycles. The van der Waals surface area contributed by atoms with E-state index in [-0.39, 0.29) is 5.41 Å². The van der Waals surface area contributed by atoms with E-state index in [0.29, 0.717) is 5.82 Å². The maximum Gasteiger partial charge on any atom is 0.160 e. The van der Waals surface area contributed by atoms with Crippen molar-refractivity contribution in [2.24, 2.45) is 0 Å². The fourth-order valence-corrected chi connectivity index (χ4v) is 10.0. The van der Waals surface area contributed by atoms with Crippen LogP contribution in [0.2, 0.25) is 0 Å². The Morgan fingerprint density at radius 1 is 0.393 bits per heavy atom. The summed E-state index contributed by atoms with van der Waals surface area (Å²) < 4.78 is 2.60. The van der Waals surface area contributed by atoms with Crippen molar-refractivity contribution in [2.45, 2.75) is 19.3 Å². The minimum absolute atomic E-state index is 0.120. The van der Waals surface area contributed by atoms with Crippen LogP contribution in [0.25, 0.3) is 98.2 Å².